The molecule has 1 aromatic carbocycles. The molecule has 3 heterocycles. The van der Waals surface area contributed by atoms with Crippen LogP contribution in [0.4, 0.5) is 5.82 Å². The van der Waals surface area contributed by atoms with E-state index in [2.05, 4.69) is 44.5 Å². The molecule has 0 radical (unpaired) electrons. The van der Waals surface area contributed by atoms with Gasteiger partial charge in [0.25, 0.3) is 0 Å². The summed E-state index contributed by atoms with van der Waals surface area (Å²) < 4.78 is 0. The monoisotopic (exact) mass is 401 g/mol. The van der Waals surface area contributed by atoms with E-state index >= 15 is 0 Å². The first-order chi connectivity index (χ1) is 14.6. The first-order valence-corrected chi connectivity index (χ1v) is 10.3. The van der Waals surface area contributed by atoms with Gasteiger partial charge in [-0.2, -0.15) is 5.10 Å². The Balaban J connectivity index is 1.47. The van der Waals surface area contributed by atoms with E-state index in [0.29, 0.717) is 26.1 Å². The molecule has 1 aliphatic heterocycles. The molecule has 0 unspecified atom stereocenters. The highest BCUT2D eigenvalue weighted by molar-refractivity contribution is 5.86. The molecule has 1 saturated heterocycles. The van der Waals surface area contributed by atoms with Crippen molar-refractivity contribution in [3.05, 3.63) is 83.3 Å². The minimum Gasteiger partial charge on any atom is -0.355 e. The van der Waals surface area contributed by atoms with Crippen molar-refractivity contribution in [3.8, 4) is 0 Å². The second-order valence-corrected chi connectivity index (χ2v) is 8.10. The molecule has 0 spiro atoms. The number of nitrogens with one attached hydrogen (secondary N) is 1. The van der Waals surface area contributed by atoms with Crippen molar-refractivity contribution < 1.29 is 4.79 Å². The molecule has 0 aliphatic carbocycles. The number of anilines is 1. The van der Waals surface area contributed by atoms with Gasteiger partial charge in [-0.1, -0.05) is 36.4 Å². The molecule has 6 nitrogen and oxygen atoms in total. The Morgan fingerprint density at radius 3 is 2.60 bits per heavy atom. The van der Waals surface area contributed by atoms with Gasteiger partial charge in [0.05, 0.1) is 11.6 Å². The summed E-state index contributed by atoms with van der Waals surface area (Å²) in [4.78, 5) is 19.8. The Morgan fingerprint density at radius 2 is 1.87 bits per heavy atom. The van der Waals surface area contributed by atoms with E-state index in [1.165, 1.54) is 5.56 Å². The number of carbonyl (C=O) groups is 1. The van der Waals surface area contributed by atoms with E-state index in [-0.39, 0.29) is 5.91 Å². The van der Waals surface area contributed by atoms with E-state index in [1.54, 1.807) is 12.4 Å². The van der Waals surface area contributed by atoms with Crippen molar-refractivity contribution >= 4 is 11.7 Å². The van der Waals surface area contributed by atoms with Gasteiger partial charge < -0.3 is 10.2 Å². The molecule has 2 aromatic heterocycles. The van der Waals surface area contributed by atoms with Crippen LogP contribution in [-0.2, 0) is 17.6 Å². The molecule has 0 bridgehead atoms. The van der Waals surface area contributed by atoms with Gasteiger partial charge in [0.2, 0.25) is 5.91 Å². The third kappa shape index (κ3) is 4.17. The second kappa shape index (κ2) is 8.61. The van der Waals surface area contributed by atoms with E-state index in [1.807, 2.05) is 43.3 Å². The molecule has 30 heavy (non-hydrogen) atoms. The highest BCUT2D eigenvalue weighted by atomic mass is 16.2. The number of amides is 1. The molecule has 4 rings (SSSR count). The lowest BCUT2D eigenvalue weighted by Crippen LogP contribution is -2.65. The number of benzene rings is 1. The summed E-state index contributed by atoms with van der Waals surface area (Å²) in [7, 11) is 0. The maximum absolute atomic E-state index is 13.3. The highest BCUT2D eigenvalue weighted by Crippen LogP contribution is 2.38. The van der Waals surface area contributed by atoms with Crippen LogP contribution in [0.15, 0.2) is 60.9 Å². The second-order valence-electron chi connectivity index (χ2n) is 8.10. The summed E-state index contributed by atoms with van der Waals surface area (Å²) in [6.45, 7) is 5.94. The van der Waals surface area contributed by atoms with Gasteiger partial charge in [0.15, 0.2) is 5.82 Å². The van der Waals surface area contributed by atoms with Gasteiger partial charge in [0, 0.05) is 37.9 Å². The zero-order valence-electron chi connectivity index (χ0n) is 17.5. The molecule has 1 amide bonds. The molecule has 1 aliphatic rings. The van der Waals surface area contributed by atoms with Gasteiger partial charge in [-0.15, -0.1) is 5.10 Å². The third-order valence-electron chi connectivity index (χ3n) is 5.88. The Morgan fingerprint density at radius 1 is 1.10 bits per heavy atom. The summed E-state index contributed by atoms with van der Waals surface area (Å²) in [6, 6.07) is 16.1. The fraction of sp³-hybridized carbons (Fsp3) is 0.333. The summed E-state index contributed by atoms with van der Waals surface area (Å²) >= 11 is 0. The molecule has 154 valence electrons. The average Bonchev–Trinajstić information content (AvgIpc) is 2.74. The number of aromatic nitrogens is 3. The predicted octanol–water partition coefficient (Wildman–Crippen LogP) is 2.90. The van der Waals surface area contributed by atoms with Crippen LogP contribution in [0.3, 0.4) is 0 Å². The number of pyridine rings is 1. The van der Waals surface area contributed by atoms with Crippen LogP contribution in [-0.4, -0.2) is 40.7 Å². The largest absolute Gasteiger partial charge is 0.355 e. The number of rotatable bonds is 7. The number of nitrogens with zero attached hydrogens (tertiary/aromatic N) is 4. The van der Waals surface area contributed by atoms with Crippen LogP contribution in [0.2, 0.25) is 0 Å². The maximum Gasteiger partial charge on any atom is 0.230 e. The molecule has 0 saturated carbocycles. The predicted molar refractivity (Wildman–Crippen MR) is 117 cm³/mol. The summed E-state index contributed by atoms with van der Waals surface area (Å²) in [5.41, 5.74) is 3.91. The van der Waals surface area contributed by atoms with Crippen LogP contribution in [0, 0.1) is 19.3 Å². The molecule has 1 N–H and O–H groups in total. The van der Waals surface area contributed by atoms with Gasteiger partial charge in [-0.3, -0.25) is 9.78 Å². The number of carbonyl (C=O) groups excluding carboxylic acids is 1. The van der Waals surface area contributed by atoms with E-state index < -0.39 is 5.41 Å². The van der Waals surface area contributed by atoms with E-state index in [0.717, 1.165) is 29.1 Å². The fourth-order valence-electron chi connectivity index (χ4n) is 4.01. The van der Waals surface area contributed by atoms with Gasteiger partial charge in [0.1, 0.15) is 0 Å². The van der Waals surface area contributed by atoms with Crippen LogP contribution in [0.5, 0.6) is 0 Å². The molecular weight excluding hydrogens is 374 g/mol. The fourth-order valence-corrected chi connectivity index (χ4v) is 4.01. The minimum atomic E-state index is -0.469. The van der Waals surface area contributed by atoms with Crippen molar-refractivity contribution in [2.75, 3.05) is 24.5 Å². The Labute approximate surface area is 177 Å². The lowest BCUT2D eigenvalue weighted by molar-refractivity contribution is -0.132. The molecule has 6 heteroatoms. The Hall–Kier alpha value is -3.28. The van der Waals surface area contributed by atoms with Crippen molar-refractivity contribution in [1.82, 2.24) is 20.5 Å². The lowest BCUT2D eigenvalue weighted by atomic mass is 9.73. The quantitative estimate of drug-likeness (QED) is 0.659. The minimum absolute atomic E-state index is 0.0943. The summed E-state index contributed by atoms with van der Waals surface area (Å²) in [5, 5.41) is 11.6. The number of hydrogen-bond donors (Lipinski definition) is 1. The van der Waals surface area contributed by atoms with Crippen LogP contribution >= 0.6 is 0 Å². The van der Waals surface area contributed by atoms with Gasteiger partial charge in [-0.25, -0.2) is 0 Å². The summed E-state index contributed by atoms with van der Waals surface area (Å²) in [5.74, 6) is 0.969. The van der Waals surface area contributed by atoms with Crippen LogP contribution in [0.25, 0.3) is 0 Å². The third-order valence-corrected chi connectivity index (χ3v) is 5.88. The number of aryl methyl sites for hydroxylation is 1. The zero-order chi connectivity index (χ0) is 21.0. The van der Waals surface area contributed by atoms with Crippen molar-refractivity contribution in [2.24, 2.45) is 5.41 Å². The maximum atomic E-state index is 13.3. The first kappa shape index (κ1) is 20.0. The lowest BCUT2D eigenvalue weighted by Gasteiger charge is -2.50. The van der Waals surface area contributed by atoms with Gasteiger partial charge >= 0.3 is 0 Å². The van der Waals surface area contributed by atoms with Crippen molar-refractivity contribution in [3.63, 3.8) is 0 Å². The Bertz CT molecular complexity index is 1000. The van der Waals surface area contributed by atoms with Crippen molar-refractivity contribution in [1.29, 1.82) is 0 Å². The van der Waals surface area contributed by atoms with E-state index in [9.17, 15) is 4.79 Å². The zero-order valence-corrected chi connectivity index (χ0v) is 17.5. The SMILES string of the molecule is Cc1cnnc(N2CC(Cc3ccccc3)(C(=O)NCCc3ccccn3)C2)c1C. The van der Waals surface area contributed by atoms with Gasteiger partial charge in [-0.05, 0) is 49.1 Å². The molecule has 3 aromatic rings. The summed E-state index contributed by atoms with van der Waals surface area (Å²) in [6.07, 6.45) is 4.99. The Kier molecular flexibility index (Phi) is 5.74. The topological polar surface area (TPSA) is 71.0 Å². The average molecular weight is 402 g/mol. The number of hydrogen-bond acceptors (Lipinski definition) is 5. The van der Waals surface area contributed by atoms with Crippen LogP contribution in [0.1, 0.15) is 22.4 Å². The molecule has 0 atom stereocenters. The standard InChI is InChI=1S/C24H27N5O/c1-18-15-27-28-22(19(18)2)29-16-24(17-29,14-20-8-4-3-5-9-20)23(30)26-13-11-21-10-6-7-12-25-21/h3-10,12,15H,11,13-14,16-17H2,1-2H3,(H,26,30). The molecule has 1 fully saturated rings. The van der Waals surface area contributed by atoms with Crippen molar-refractivity contribution in [2.45, 2.75) is 26.7 Å². The van der Waals surface area contributed by atoms with E-state index in [4.69, 9.17) is 0 Å². The molecular formula is C24H27N5O. The highest BCUT2D eigenvalue weighted by Gasteiger charge is 2.50. The smallest absolute Gasteiger partial charge is 0.230 e. The first-order valence-electron chi connectivity index (χ1n) is 10.3. The normalized spacial score (nSPS) is 14.8. The van der Waals surface area contributed by atoms with Crippen LogP contribution < -0.4 is 10.2 Å².